The van der Waals surface area contributed by atoms with Crippen LogP contribution in [0.4, 0.5) is 0 Å². The summed E-state index contributed by atoms with van der Waals surface area (Å²) in [4.78, 5) is 0. The summed E-state index contributed by atoms with van der Waals surface area (Å²) in [5, 5.41) is 0. The number of unbranched alkanes of at least 4 members (excludes halogenated alkanes) is 2. The van der Waals surface area contributed by atoms with Gasteiger partial charge in [-0.15, -0.1) is 0 Å². The molecule has 0 aromatic carbocycles. The molecule has 0 nitrogen and oxygen atoms in total. The first kappa shape index (κ1) is 28.2. The summed E-state index contributed by atoms with van der Waals surface area (Å²) in [6, 6.07) is 0. The predicted octanol–water partition coefficient (Wildman–Crippen LogP) is 11.2. The Bertz CT molecular complexity index is 662. The fourth-order valence-electron chi connectivity index (χ4n) is 6.93. The highest BCUT2D eigenvalue weighted by molar-refractivity contribution is 5.23. The van der Waals surface area contributed by atoms with Crippen LogP contribution in [0.3, 0.4) is 0 Å². The molecule has 2 aliphatic carbocycles. The summed E-state index contributed by atoms with van der Waals surface area (Å²) in [6.07, 6.45) is 24.9. The van der Waals surface area contributed by atoms with E-state index >= 15 is 0 Å². The minimum Gasteiger partial charge on any atom is -0.0999 e. The third kappa shape index (κ3) is 9.62. The van der Waals surface area contributed by atoms with Crippen molar-refractivity contribution in [2.75, 3.05) is 0 Å². The second-order valence-electron chi connectivity index (χ2n) is 12.1. The molecule has 0 heteroatoms. The molecule has 0 aliphatic heterocycles. The maximum absolute atomic E-state index is 4.56. The number of hydrogen-bond acceptors (Lipinski definition) is 0. The molecule has 0 amide bonds. The second-order valence-corrected chi connectivity index (χ2v) is 12.1. The Morgan fingerprint density at radius 1 is 1.03 bits per heavy atom. The van der Waals surface area contributed by atoms with E-state index in [0.29, 0.717) is 11.3 Å². The first-order chi connectivity index (χ1) is 15.8. The summed E-state index contributed by atoms with van der Waals surface area (Å²) in [5.41, 5.74) is 6.46. The molecule has 0 heterocycles. The zero-order valence-corrected chi connectivity index (χ0v) is 23.0. The van der Waals surface area contributed by atoms with Gasteiger partial charge in [-0.05, 0) is 107 Å². The summed E-state index contributed by atoms with van der Waals surface area (Å²) in [6.45, 7) is 22.7. The summed E-state index contributed by atoms with van der Waals surface area (Å²) < 4.78 is 0. The fourth-order valence-corrected chi connectivity index (χ4v) is 6.93. The van der Waals surface area contributed by atoms with Crippen LogP contribution in [0.25, 0.3) is 0 Å². The monoisotopic (exact) mass is 452 g/mol. The molecule has 0 aromatic rings. The van der Waals surface area contributed by atoms with Crippen molar-refractivity contribution in [1.29, 1.82) is 0 Å². The average Bonchev–Trinajstić information content (AvgIpc) is 2.95. The van der Waals surface area contributed by atoms with Crippen molar-refractivity contribution in [3.63, 3.8) is 0 Å². The Hall–Kier alpha value is -1.04. The first-order valence-electron chi connectivity index (χ1n) is 14.5. The van der Waals surface area contributed by atoms with Crippen molar-refractivity contribution in [1.82, 2.24) is 0 Å². The predicted molar refractivity (Wildman–Crippen MR) is 150 cm³/mol. The van der Waals surface area contributed by atoms with Gasteiger partial charge in [-0.25, -0.2) is 0 Å². The van der Waals surface area contributed by atoms with Crippen molar-refractivity contribution in [3.8, 4) is 0 Å². The molecule has 0 saturated heterocycles. The van der Waals surface area contributed by atoms with Gasteiger partial charge in [-0.3, -0.25) is 0 Å². The SMILES string of the molecule is C=C(CCC)CCCCC/C(C)=C/C(=C)C1CCCC2(CC1)CC(=C)CC(C(C)CCC)C2. The lowest BCUT2D eigenvalue weighted by Gasteiger charge is -2.44. The van der Waals surface area contributed by atoms with Crippen molar-refractivity contribution in [2.24, 2.45) is 23.2 Å². The van der Waals surface area contributed by atoms with Gasteiger partial charge in [0.25, 0.3) is 0 Å². The third-order valence-electron chi connectivity index (χ3n) is 8.86. The lowest BCUT2D eigenvalue weighted by molar-refractivity contribution is 0.117. The van der Waals surface area contributed by atoms with Crippen molar-refractivity contribution < 1.29 is 0 Å². The Kier molecular flexibility index (Phi) is 12.3. The van der Waals surface area contributed by atoms with Crippen molar-refractivity contribution >= 4 is 0 Å². The Labute approximate surface area is 208 Å². The zero-order chi connectivity index (χ0) is 24.3. The van der Waals surface area contributed by atoms with Crippen LogP contribution >= 0.6 is 0 Å². The molecule has 2 saturated carbocycles. The highest BCUT2D eigenvalue weighted by Crippen LogP contribution is 2.53. The molecular formula is C33H56. The number of rotatable bonds is 13. The van der Waals surface area contributed by atoms with Crippen LogP contribution in [-0.4, -0.2) is 0 Å². The van der Waals surface area contributed by atoms with Crippen LogP contribution in [0.5, 0.6) is 0 Å². The van der Waals surface area contributed by atoms with Crippen molar-refractivity contribution in [3.05, 3.63) is 48.1 Å². The third-order valence-corrected chi connectivity index (χ3v) is 8.86. The lowest BCUT2D eigenvalue weighted by atomic mass is 9.61. The molecule has 33 heavy (non-hydrogen) atoms. The standard InChI is InChI=1S/C33H56/c1-8-14-26(3)16-11-10-12-17-27(4)22-30(7)31-18-13-20-33(21-19-31)24-28(5)23-32(25-33)29(6)15-9-2/h22,29,31-32H,3,5,7-21,23-25H2,1-2,4,6H3/b27-22+. The molecule has 1 spiro atoms. The van der Waals surface area contributed by atoms with Gasteiger partial charge in [0, 0.05) is 0 Å². The van der Waals surface area contributed by atoms with Crippen LogP contribution in [0.15, 0.2) is 48.1 Å². The maximum Gasteiger partial charge on any atom is -0.0168 e. The highest BCUT2D eigenvalue weighted by Gasteiger charge is 2.40. The quantitative estimate of drug-likeness (QED) is 0.148. The maximum atomic E-state index is 4.56. The molecule has 2 fully saturated rings. The molecule has 188 valence electrons. The smallest absolute Gasteiger partial charge is 0.0168 e. The van der Waals surface area contributed by atoms with Crippen LogP contribution in [0, 0.1) is 23.2 Å². The summed E-state index contributed by atoms with van der Waals surface area (Å²) in [5.74, 6) is 2.42. The van der Waals surface area contributed by atoms with Gasteiger partial charge in [0.15, 0.2) is 0 Å². The molecule has 0 N–H and O–H groups in total. The van der Waals surface area contributed by atoms with E-state index < -0.39 is 0 Å². The normalized spacial score (nSPS) is 27.4. The van der Waals surface area contributed by atoms with Gasteiger partial charge < -0.3 is 0 Å². The van der Waals surface area contributed by atoms with Gasteiger partial charge in [-0.1, -0.05) is 101 Å². The molecule has 2 aliphatic rings. The van der Waals surface area contributed by atoms with Gasteiger partial charge >= 0.3 is 0 Å². The van der Waals surface area contributed by atoms with Gasteiger partial charge in [0.1, 0.15) is 0 Å². The molecule has 4 atom stereocenters. The molecule has 0 bridgehead atoms. The van der Waals surface area contributed by atoms with E-state index in [-0.39, 0.29) is 0 Å². The highest BCUT2D eigenvalue weighted by atomic mass is 14.4. The second kappa shape index (κ2) is 14.4. The minimum absolute atomic E-state index is 0.539. The van der Waals surface area contributed by atoms with Gasteiger partial charge in [0.05, 0.1) is 0 Å². The largest absolute Gasteiger partial charge is 0.0999 e. The first-order valence-corrected chi connectivity index (χ1v) is 14.5. The Morgan fingerprint density at radius 3 is 2.52 bits per heavy atom. The number of hydrogen-bond donors (Lipinski definition) is 0. The van der Waals surface area contributed by atoms with Crippen LogP contribution in [0.2, 0.25) is 0 Å². The van der Waals surface area contributed by atoms with Crippen molar-refractivity contribution in [2.45, 2.75) is 137 Å². The van der Waals surface area contributed by atoms with E-state index in [0.717, 1.165) is 11.8 Å². The average molecular weight is 453 g/mol. The fraction of sp³-hybridized carbons (Fsp3) is 0.758. The van der Waals surface area contributed by atoms with E-state index in [1.807, 2.05) is 0 Å². The molecular weight excluding hydrogens is 396 g/mol. The van der Waals surface area contributed by atoms with Crippen LogP contribution < -0.4 is 0 Å². The molecule has 4 unspecified atom stereocenters. The minimum atomic E-state index is 0.539. The van der Waals surface area contributed by atoms with E-state index in [1.54, 1.807) is 5.57 Å². The van der Waals surface area contributed by atoms with E-state index in [2.05, 4.69) is 53.5 Å². The van der Waals surface area contributed by atoms with Crippen LogP contribution in [0.1, 0.15) is 137 Å². The van der Waals surface area contributed by atoms with E-state index in [1.165, 1.54) is 126 Å². The summed E-state index contributed by atoms with van der Waals surface area (Å²) in [7, 11) is 0. The molecule has 2 rings (SSSR count). The van der Waals surface area contributed by atoms with Gasteiger partial charge in [0.2, 0.25) is 0 Å². The summed E-state index contributed by atoms with van der Waals surface area (Å²) >= 11 is 0. The Morgan fingerprint density at radius 2 is 1.79 bits per heavy atom. The number of allylic oxidation sites excluding steroid dienone is 5. The molecule has 0 radical (unpaired) electrons. The van der Waals surface area contributed by atoms with E-state index in [9.17, 15) is 0 Å². The Balaban J connectivity index is 1.82. The lowest BCUT2D eigenvalue weighted by Crippen LogP contribution is -2.32. The zero-order valence-electron chi connectivity index (χ0n) is 23.0. The molecule has 0 aromatic heterocycles. The van der Waals surface area contributed by atoms with Gasteiger partial charge in [-0.2, -0.15) is 0 Å². The van der Waals surface area contributed by atoms with Crippen LogP contribution in [-0.2, 0) is 0 Å². The van der Waals surface area contributed by atoms with E-state index in [4.69, 9.17) is 0 Å². The topological polar surface area (TPSA) is 0 Å².